The molecule has 10 nitrogen and oxygen atoms in total. The number of carbonyl (C=O) groups excluding carboxylic acids is 1. The molecule has 0 atom stereocenters. The Morgan fingerprint density at radius 3 is 2.51 bits per heavy atom. The zero-order chi connectivity index (χ0) is 30.3. The third-order valence-electron chi connectivity index (χ3n) is 6.21. The smallest absolute Gasteiger partial charge is 0.267 e. The van der Waals surface area contributed by atoms with E-state index in [0.717, 1.165) is 6.07 Å². The maximum absolute atomic E-state index is 15.1. The average Bonchev–Trinajstić information content (AvgIpc) is 2.99. The van der Waals surface area contributed by atoms with E-state index in [1.54, 1.807) is 0 Å². The molecule has 3 N–H and O–H groups in total. The molecular formula is C31H25F2N3O7. The number of carbonyl (C=O) groups is 1. The van der Waals surface area contributed by atoms with Gasteiger partial charge in [-0.1, -0.05) is 0 Å². The minimum Gasteiger partial charge on any atom is -0.504 e. The van der Waals surface area contributed by atoms with Crippen molar-refractivity contribution in [1.29, 1.82) is 0 Å². The third-order valence-corrected chi connectivity index (χ3v) is 6.21. The molecule has 0 aliphatic heterocycles. The Kier molecular flexibility index (Phi) is 8.89. The van der Waals surface area contributed by atoms with Gasteiger partial charge in [0.05, 0.1) is 25.3 Å². The number of anilines is 1. The van der Waals surface area contributed by atoms with Crippen molar-refractivity contribution in [2.24, 2.45) is 0 Å². The van der Waals surface area contributed by atoms with Crippen molar-refractivity contribution in [2.75, 3.05) is 31.7 Å². The van der Waals surface area contributed by atoms with Gasteiger partial charge in [-0.15, -0.1) is 0 Å². The molecule has 2 aromatic heterocycles. The predicted octanol–water partition coefficient (Wildman–Crippen LogP) is 4.80. The van der Waals surface area contributed by atoms with Gasteiger partial charge in [-0.05, 0) is 60.7 Å². The summed E-state index contributed by atoms with van der Waals surface area (Å²) in [6.07, 6.45) is 2.90. The van der Waals surface area contributed by atoms with Crippen LogP contribution in [0, 0.1) is 11.6 Å². The van der Waals surface area contributed by atoms with Crippen LogP contribution in [0.25, 0.3) is 16.6 Å². The molecule has 0 aliphatic rings. The molecule has 5 aromatic rings. The first-order valence-corrected chi connectivity index (χ1v) is 13.0. The molecule has 2 heterocycles. The number of aliphatic hydroxyl groups is 1. The quantitative estimate of drug-likeness (QED) is 0.187. The minimum atomic E-state index is -0.799. The molecule has 0 spiro atoms. The molecule has 0 fully saturated rings. The summed E-state index contributed by atoms with van der Waals surface area (Å²) in [5.41, 5.74) is 0.0340. The van der Waals surface area contributed by atoms with Crippen LogP contribution in [0.15, 0.2) is 90.0 Å². The van der Waals surface area contributed by atoms with Crippen molar-refractivity contribution >= 4 is 22.5 Å². The Morgan fingerprint density at radius 2 is 1.74 bits per heavy atom. The molecule has 0 saturated carbocycles. The molecule has 12 heteroatoms. The summed E-state index contributed by atoms with van der Waals surface area (Å²) in [6, 6.07) is 16.2. The Balaban J connectivity index is 1.31. The maximum atomic E-state index is 15.1. The number of aliphatic hydroxyl groups excluding tert-OH is 1. The van der Waals surface area contributed by atoms with E-state index in [4.69, 9.17) is 19.3 Å². The summed E-state index contributed by atoms with van der Waals surface area (Å²) in [6.45, 7) is 0.412. The lowest BCUT2D eigenvalue weighted by atomic mass is 10.2. The molecule has 0 unspecified atom stereocenters. The lowest BCUT2D eigenvalue weighted by Crippen LogP contribution is -2.27. The highest BCUT2D eigenvalue weighted by molar-refractivity contribution is 6.04. The van der Waals surface area contributed by atoms with Crippen molar-refractivity contribution in [1.82, 2.24) is 9.55 Å². The largest absolute Gasteiger partial charge is 0.504 e. The number of aromatic nitrogens is 2. The van der Waals surface area contributed by atoms with Crippen LogP contribution in [0.2, 0.25) is 0 Å². The minimum absolute atomic E-state index is 0.0772. The van der Waals surface area contributed by atoms with Gasteiger partial charge in [0.25, 0.3) is 11.5 Å². The van der Waals surface area contributed by atoms with E-state index in [1.807, 2.05) is 0 Å². The second-order valence-electron chi connectivity index (χ2n) is 9.11. The van der Waals surface area contributed by atoms with Crippen molar-refractivity contribution in [3.05, 3.63) is 113 Å². The number of nitrogens with one attached hydrogen (secondary N) is 1. The Bertz CT molecular complexity index is 1830. The molecule has 0 radical (unpaired) electrons. The number of amides is 1. The Morgan fingerprint density at radius 1 is 0.930 bits per heavy atom. The highest BCUT2D eigenvalue weighted by Crippen LogP contribution is 2.37. The van der Waals surface area contributed by atoms with Gasteiger partial charge in [-0.2, -0.15) is 0 Å². The highest BCUT2D eigenvalue weighted by atomic mass is 19.1. The first-order valence-electron chi connectivity index (χ1n) is 13.0. The number of nitrogens with zero attached hydrogens (tertiary/aromatic N) is 2. The zero-order valence-electron chi connectivity index (χ0n) is 22.5. The number of fused-ring (bicyclic) bond motifs is 1. The summed E-state index contributed by atoms with van der Waals surface area (Å²) < 4.78 is 46.0. The number of benzene rings is 3. The van der Waals surface area contributed by atoms with Gasteiger partial charge in [0.15, 0.2) is 23.1 Å². The van der Waals surface area contributed by atoms with Crippen molar-refractivity contribution in [2.45, 2.75) is 0 Å². The number of rotatable bonds is 11. The summed E-state index contributed by atoms with van der Waals surface area (Å²) >= 11 is 0. The second kappa shape index (κ2) is 13.1. The molecular weight excluding hydrogens is 564 g/mol. The number of aromatic hydroxyl groups is 1. The van der Waals surface area contributed by atoms with Crippen LogP contribution in [-0.4, -0.2) is 52.1 Å². The van der Waals surface area contributed by atoms with E-state index >= 15 is 4.39 Å². The van der Waals surface area contributed by atoms with Gasteiger partial charge in [0, 0.05) is 41.3 Å². The standard InChI is InChI=1S/C31H25F2N3O7/c32-19-3-6-21(7-4-19)36-11-1-2-22(31(36)40)30(39)35-20-5-8-28(24(33)16-20)43-27-9-10-34-25-18-29(26(38)17-23(25)27)42-15-14-41-13-12-37/h1-11,16-18,37-38H,12-15H2,(H,35,39). The molecule has 1 amide bonds. The van der Waals surface area contributed by atoms with E-state index in [2.05, 4.69) is 10.3 Å². The number of halogens is 2. The summed E-state index contributed by atoms with van der Waals surface area (Å²) in [5.74, 6) is -2.00. The van der Waals surface area contributed by atoms with E-state index < -0.39 is 23.1 Å². The van der Waals surface area contributed by atoms with E-state index in [0.29, 0.717) is 16.6 Å². The molecule has 0 bridgehead atoms. The number of phenols is 1. The highest BCUT2D eigenvalue weighted by Gasteiger charge is 2.16. The fraction of sp³-hybridized carbons (Fsp3) is 0.129. The van der Waals surface area contributed by atoms with Gasteiger partial charge in [-0.25, -0.2) is 8.78 Å². The number of hydrogen-bond acceptors (Lipinski definition) is 8. The summed E-state index contributed by atoms with van der Waals surface area (Å²) in [7, 11) is 0. The van der Waals surface area contributed by atoms with Gasteiger partial charge < -0.3 is 29.7 Å². The summed E-state index contributed by atoms with van der Waals surface area (Å²) in [4.78, 5) is 30.1. The topological polar surface area (TPSA) is 132 Å². The van der Waals surface area contributed by atoms with Crippen LogP contribution < -0.4 is 20.3 Å². The molecule has 43 heavy (non-hydrogen) atoms. The van der Waals surface area contributed by atoms with Gasteiger partial charge >= 0.3 is 0 Å². The number of pyridine rings is 2. The first kappa shape index (κ1) is 29.2. The van der Waals surface area contributed by atoms with Crippen molar-refractivity contribution < 1.29 is 38.0 Å². The van der Waals surface area contributed by atoms with Gasteiger partial charge in [0.2, 0.25) is 0 Å². The van der Waals surface area contributed by atoms with Crippen LogP contribution >= 0.6 is 0 Å². The van der Waals surface area contributed by atoms with Crippen LogP contribution in [0.5, 0.6) is 23.0 Å². The second-order valence-corrected chi connectivity index (χ2v) is 9.11. The van der Waals surface area contributed by atoms with E-state index in [-0.39, 0.29) is 60.7 Å². The lowest BCUT2D eigenvalue weighted by molar-refractivity contribution is 0.0699. The Hall–Kier alpha value is -5.33. The SMILES string of the molecule is O=C(Nc1ccc(Oc2ccnc3cc(OCCOCCO)c(O)cc23)c(F)c1)c1cccn(-c2ccc(F)cc2)c1=O. The van der Waals surface area contributed by atoms with Crippen LogP contribution in [-0.2, 0) is 4.74 Å². The molecule has 220 valence electrons. The fourth-order valence-electron chi connectivity index (χ4n) is 4.17. The van der Waals surface area contributed by atoms with E-state index in [9.17, 15) is 19.1 Å². The fourth-order valence-corrected chi connectivity index (χ4v) is 4.17. The Labute approximate surface area is 243 Å². The molecule has 0 saturated heterocycles. The molecule has 3 aromatic carbocycles. The average molecular weight is 590 g/mol. The number of hydrogen-bond donors (Lipinski definition) is 3. The lowest BCUT2D eigenvalue weighted by Gasteiger charge is -2.13. The number of ether oxygens (including phenoxy) is 3. The first-order chi connectivity index (χ1) is 20.8. The van der Waals surface area contributed by atoms with Crippen LogP contribution in [0.4, 0.5) is 14.5 Å². The van der Waals surface area contributed by atoms with Crippen LogP contribution in [0.3, 0.4) is 0 Å². The molecule has 0 aliphatic carbocycles. The molecule has 5 rings (SSSR count). The predicted molar refractivity (Wildman–Crippen MR) is 153 cm³/mol. The third kappa shape index (κ3) is 6.77. The monoisotopic (exact) mass is 589 g/mol. The zero-order valence-corrected chi connectivity index (χ0v) is 22.5. The number of phenolic OH excluding ortho intramolecular Hbond substituents is 1. The van der Waals surface area contributed by atoms with E-state index in [1.165, 1.54) is 83.7 Å². The van der Waals surface area contributed by atoms with Crippen LogP contribution in [0.1, 0.15) is 10.4 Å². The van der Waals surface area contributed by atoms with Crippen molar-refractivity contribution in [3.63, 3.8) is 0 Å². The maximum Gasteiger partial charge on any atom is 0.267 e. The van der Waals surface area contributed by atoms with Crippen molar-refractivity contribution in [3.8, 4) is 28.7 Å². The van der Waals surface area contributed by atoms with Gasteiger partial charge in [-0.3, -0.25) is 19.1 Å². The summed E-state index contributed by atoms with van der Waals surface area (Å²) in [5, 5.41) is 22.1. The van der Waals surface area contributed by atoms with Gasteiger partial charge in [0.1, 0.15) is 23.7 Å². The normalized spacial score (nSPS) is 11.0.